The summed E-state index contributed by atoms with van der Waals surface area (Å²) in [6, 6.07) is 8.10. The van der Waals surface area contributed by atoms with Gasteiger partial charge in [0.05, 0.1) is 0 Å². The van der Waals surface area contributed by atoms with Gasteiger partial charge in [-0.1, -0.05) is 29.7 Å². The summed E-state index contributed by atoms with van der Waals surface area (Å²) in [6.45, 7) is 0. The lowest BCUT2D eigenvalue weighted by Crippen LogP contribution is -2.12. The molecule has 1 aromatic rings. The number of rotatable bonds is 2. The van der Waals surface area contributed by atoms with E-state index < -0.39 is 0 Å². The predicted molar refractivity (Wildman–Crippen MR) is 46.0 cm³/mol. The lowest BCUT2D eigenvalue weighted by Gasteiger charge is -1.97. The third-order valence-electron chi connectivity index (χ3n) is 2.13. The van der Waals surface area contributed by atoms with Crippen LogP contribution in [0.1, 0.15) is 24.3 Å². The van der Waals surface area contributed by atoms with Gasteiger partial charge in [-0.15, -0.1) is 0 Å². The van der Waals surface area contributed by atoms with Gasteiger partial charge in [-0.25, -0.2) is 0 Å². The van der Waals surface area contributed by atoms with E-state index in [1.807, 2.05) is 12.1 Å². The van der Waals surface area contributed by atoms with Crippen LogP contribution in [0.5, 0.6) is 0 Å². The molecule has 0 spiro atoms. The molecule has 1 N–H and O–H groups in total. The number of benzene rings is 1. The normalized spacial score (nSPS) is 16.5. The van der Waals surface area contributed by atoms with Gasteiger partial charge >= 0.3 is 7.48 Å². The second-order valence-corrected chi connectivity index (χ2v) is 3.07. The minimum absolute atomic E-state index is 0.808. The summed E-state index contributed by atoms with van der Waals surface area (Å²) in [7, 11) is 1.14. The zero-order valence-electron chi connectivity index (χ0n) is 6.33. The summed E-state index contributed by atoms with van der Waals surface area (Å²) >= 11 is 0. The van der Waals surface area contributed by atoms with Gasteiger partial charge < -0.3 is 5.02 Å². The summed E-state index contributed by atoms with van der Waals surface area (Å²) in [5.41, 5.74) is 2.30. The molecule has 1 radical (unpaired) electrons. The number of hydrogen-bond donors (Lipinski definition) is 1. The Morgan fingerprint density at radius 3 is 2.27 bits per heavy atom. The maximum Gasteiger partial charge on any atom is 0.326 e. The van der Waals surface area contributed by atoms with Crippen LogP contribution >= 0.6 is 0 Å². The first-order valence-electron chi connectivity index (χ1n) is 3.97. The van der Waals surface area contributed by atoms with Crippen molar-refractivity contribution < 1.29 is 5.02 Å². The van der Waals surface area contributed by atoms with E-state index in [0.29, 0.717) is 0 Å². The van der Waals surface area contributed by atoms with Crippen LogP contribution in [0.2, 0.25) is 0 Å². The van der Waals surface area contributed by atoms with Crippen LogP contribution in [0.15, 0.2) is 24.3 Å². The second-order valence-electron chi connectivity index (χ2n) is 3.07. The molecular formula is C9H10BO. The highest BCUT2D eigenvalue weighted by Crippen LogP contribution is 2.39. The van der Waals surface area contributed by atoms with E-state index >= 15 is 0 Å². The molecule has 1 aliphatic rings. The van der Waals surface area contributed by atoms with Crippen molar-refractivity contribution in [2.45, 2.75) is 18.8 Å². The van der Waals surface area contributed by atoms with Gasteiger partial charge in [0.2, 0.25) is 0 Å². The fourth-order valence-electron chi connectivity index (χ4n) is 1.27. The molecule has 0 amide bonds. The monoisotopic (exact) mass is 145 g/mol. The van der Waals surface area contributed by atoms with Crippen LogP contribution < -0.4 is 5.46 Å². The standard InChI is InChI=1S/C9H10BO/c11-10-9-5-3-8(4-6-9)7-1-2-7/h3-7,11H,1-2H2. The van der Waals surface area contributed by atoms with Crippen LogP contribution in [-0.2, 0) is 0 Å². The van der Waals surface area contributed by atoms with Gasteiger partial charge in [0.15, 0.2) is 0 Å². The average Bonchev–Trinajstić information content (AvgIpc) is 2.87. The lowest BCUT2D eigenvalue weighted by atomic mass is 9.88. The van der Waals surface area contributed by atoms with Crippen LogP contribution in [-0.4, -0.2) is 12.5 Å². The van der Waals surface area contributed by atoms with E-state index in [-0.39, 0.29) is 0 Å². The molecule has 0 aliphatic heterocycles. The molecule has 0 bridgehead atoms. The van der Waals surface area contributed by atoms with Crippen molar-refractivity contribution in [3.05, 3.63) is 29.8 Å². The van der Waals surface area contributed by atoms with Crippen LogP contribution in [0.25, 0.3) is 0 Å². The zero-order chi connectivity index (χ0) is 7.68. The molecule has 2 rings (SSSR count). The Labute approximate surface area is 67.3 Å². The van der Waals surface area contributed by atoms with Crippen LogP contribution in [0.3, 0.4) is 0 Å². The highest BCUT2D eigenvalue weighted by atomic mass is 16.2. The van der Waals surface area contributed by atoms with E-state index in [0.717, 1.165) is 18.9 Å². The first-order chi connectivity index (χ1) is 5.40. The van der Waals surface area contributed by atoms with E-state index in [1.165, 1.54) is 18.4 Å². The maximum atomic E-state index is 8.66. The summed E-state index contributed by atoms with van der Waals surface area (Å²) < 4.78 is 0. The lowest BCUT2D eigenvalue weighted by molar-refractivity contribution is 0.615. The van der Waals surface area contributed by atoms with Gasteiger partial charge in [0.1, 0.15) is 0 Å². The molecule has 0 saturated heterocycles. The molecule has 55 valence electrons. The third-order valence-corrected chi connectivity index (χ3v) is 2.13. The molecule has 0 aromatic heterocycles. The molecule has 0 atom stereocenters. The molecule has 1 aromatic carbocycles. The van der Waals surface area contributed by atoms with Crippen molar-refractivity contribution in [1.29, 1.82) is 0 Å². The Balaban J connectivity index is 2.19. The molecule has 1 fully saturated rings. The van der Waals surface area contributed by atoms with E-state index in [2.05, 4.69) is 12.1 Å². The van der Waals surface area contributed by atoms with Crippen LogP contribution in [0, 0.1) is 0 Å². The summed E-state index contributed by atoms with van der Waals surface area (Å²) in [5.74, 6) is 0.808. The number of hydrogen-bond acceptors (Lipinski definition) is 1. The molecule has 1 aliphatic carbocycles. The molecule has 0 unspecified atom stereocenters. The summed E-state index contributed by atoms with van der Waals surface area (Å²) in [5, 5.41) is 8.66. The molecular weight excluding hydrogens is 135 g/mol. The Kier molecular flexibility index (Phi) is 1.70. The van der Waals surface area contributed by atoms with E-state index in [4.69, 9.17) is 5.02 Å². The minimum atomic E-state index is 0.808. The van der Waals surface area contributed by atoms with Crippen molar-refractivity contribution in [2.75, 3.05) is 0 Å². The Morgan fingerprint density at radius 2 is 1.82 bits per heavy atom. The highest BCUT2D eigenvalue weighted by molar-refractivity contribution is 6.45. The fraction of sp³-hybridized carbons (Fsp3) is 0.333. The first kappa shape index (κ1) is 6.92. The van der Waals surface area contributed by atoms with E-state index in [9.17, 15) is 0 Å². The Morgan fingerprint density at radius 1 is 1.18 bits per heavy atom. The van der Waals surface area contributed by atoms with Crippen molar-refractivity contribution in [3.63, 3.8) is 0 Å². The van der Waals surface area contributed by atoms with Crippen molar-refractivity contribution in [3.8, 4) is 0 Å². The smallest absolute Gasteiger partial charge is 0.326 e. The Bertz CT molecular complexity index is 238. The summed E-state index contributed by atoms with van der Waals surface area (Å²) in [6.07, 6.45) is 2.67. The van der Waals surface area contributed by atoms with Crippen LogP contribution in [0.4, 0.5) is 0 Å². The third kappa shape index (κ3) is 1.46. The average molecular weight is 145 g/mol. The van der Waals surface area contributed by atoms with Gasteiger partial charge in [-0.2, -0.15) is 0 Å². The predicted octanol–water partition coefficient (Wildman–Crippen LogP) is 0.801. The molecule has 11 heavy (non-hydrogen) atoms. The molecule has 1 saturated carbocycles. The molecule has 0 heterocycles. The van der Waals surface area contributed by atoms with Crippen molar-refractivity contribution in [2.24, 2.45) is 0 Å². The van der Waals surface area contributed by atoms with Gasteiger partial charge in [0, 0.05) is 0 Å². The Hall–Kier alpha value is -0.755. The maximum absolute atomic E-state index is 8.66. The topological polar surface area (TPSA) is 20.2 Å². The van der Waals surface area contributed by atoms with Gasteiger partial charge in [-0.05, 0) is 24.3 Å². The van der Waals surface area contributed by atoms with Crippen molar-refractivity contribution in [1.82, 2.24) is 0 Å². The molecule has 1 nitrogen and oxygen atoms in total. The second kappa shape index (κ2) is 2.70. The van der Waals surface area contributed by atoms with Crippen molar-refractivity contribution >= 4 is 12.9 Å². The SMILES string of the molecule is O[B]c1ccc(C2CC2)cc1. The van der Waals surface area contributed by atoms with Gasteiger partial charge in [0.25, 0.3) is 0 Å². The quantitative estimate of drug-likeness (QED) is 0.610. The van der Waals surface area contributed by atoms with Gasteiger partial charge in [-0.3, -0.25) is 0 Å². The zero-order valence-corrected chi connectivity index (χ0v) is 6.33. The first-order valence-corrected chi connectivity index (χ1v) is 3.97. The molecule has 2 heteroatoms. The summed E-state index contributed by atoms with van der Waals surface area (Å²) in [4.78, 5) is 0. The fourth-order valence-corrected chi connectivity index (χ4v) is 1.27. The highest BCUT2D eigenvalue weighted by Gasteiger charge is 2.22. The minimum Gasteiger partial charge on any atom is -0.450 e. The van der Waals surface area contributed by atoms with E-state index in [1.54, 1.807) is 0 Å². The largest absolute Gasteiger partial charge is 0.450 e.